The average Bonchev–Trinajstić information content (AvgIpc) is 3.29. The lowest BCUT2D eigenvalue weighted by Gasteiger charge is -2.12. The van der Waals surface area contributed by atoms with Gasteiger partial charge in [-0.15, -0.1) is 21.5 Å². The van der Waals surface area contributed by atoms with Crippen molar-refractivity contribution >= 4 is 49.9 Å². The molecule has 0 fully saturated rings. The Morgan fingerprint density at radius 2 is 2.10 bits per heavy atom. The van der Waals surface area contributed by atoms with E-state index >= 15 is 0 Å². The van der Waals surface area contributed by atoms with E-state index in [2.05, 4.69) is 20.5 Å². The molecule has 0 aromatic carbocycles. The van der Waals surface area contributed by atoms with Crippen LogP contribution in [0.1, 0.15) is 41.0 Å². The van der Waals surface area contributed by atoms with Gasteiger partial charge in [0.15, 0.2) is 0 Å². The summed E-state index contributed by atoms with van der Waals surface area (Å²) in [7, 11) is 1.52. The molecule has 0 saturated heterocycles. The number of hydrogen-bond acceptors (Lipinski definition) is 9. The first-order valence-electron chi connectivity index (χ1n) is 8.68. The molecule has 0 radical (unpaired) electrons. The van der Waals surface area contributed by atoms with E-state index in [0.717, 1.165) is 16.3 Å². The lowest BCUT2D eigenvalue weighted by molar-refractivity contribution is -0.116. The SMILES string of the molecule is COCCc1nc2scc(C(=O)O)c2c(=O)n1CC(=O)Nc1nnc(C(C)C)s1. The second-order valence-corrected chi connectivity index (χ2v) is 8.31. The number of methoxy groups -OCH3 is 1. The monoisotopic (exact) mass is 437 g/mol. The quantitative estimate of drug-likeness (QED) is 0.546. The zero-order chi connectivity index (χ0) is 21.1. The zero-order valence-corrected chi connectivity index (χ0v) is 17.6. The third kappa shape index (κ3) is 4.49. The Morgan fingerprint density at radius 3 is 2.72 bits per heavy atom. The van der Waals surface area contributed by atoms with Crippen molar-refractivity contribution in [2.45, 2.75) is 32.7 Å². The predicted octanol–water partition coefficient (Wildman–Crippen LogP) is 1.96. The summed E-state index contributed by atoms with van der Waals surface area (Å²) in [5, 5.41) is 22.4. The molecule has 0 spiro atoms. The number of fused-ring (bicyclic) bond motifs is 1. The number of thiophene rings is 1. The fraction of sp³-hybridized carbons (Fsp3) is 0.412. The number of ether oxygens (including phenoxy) is 1. The summed E-state index contributed by atoms with van der Waals surface area (Å²) in [6.07, 6.45) is 0.297. The van der Waals surface area contributed by atoms with E-state index in [1.54, 1.807) is 0 Å². The van der Waals surface area contributed by atoms with Gasteiger partial charge in [-0.2, -0.15) is 0 Å². The van der Waals surface area contributed by atoms with E-state index in [1.807, 2.05) is 13.8 Å². The van der Waals surface area contributed by atoms with Crippen LogP contribution in [0.25, 0.3) is 10.2 Å². The predicted molar refractivity (Wildman–Crippen MR) is 109 cm³/mol. The summed E-state index contributed by atoms with van der Waals surface area (Å²) in [6.45, 7) is 3.91. The number of carbonyl (C=O) groups excluding carboxylic acids is 1. The second kappa shape index (κ2) is 8.76. The minimum Gasteiger partial charge on any atom is -0.478 e. The minimum absolute atomic E-state index is 0.00511. The van der Waals surface area contributed by atoms with Gasteiger partial charge in [-0.3, -0.25) is 19.5 Å². The topological polar surface area (TPSA) is 136 Å². The lowest BCUT2D eigenvalue weighted by Crippen LogP contribution is -2.32. The highest BCUT2D eigenvalue weighted by atomic mass is 32.1. The lowest BCUT2D eigenvalue weighted by atomic mass is 10.2. The molecule has 0 aliphatic rings. The number of carbonyl (C=O) groups is 2. The van der Waals surface area contributed by atoms with Crippen LogP contribution in [-0.4, -0.2) is 50.4 Å². The van der Waals surface area contributed by atoms with Gasteiger partial charge in [-0.05, 0) is 0 Å². The summed E-state index contributed by atoms with van der Waals surface area (Å²) in [4.78, 5) is 41.7. The van der Waals surface area contributed by atoms with Crippen molar-refractivity contribution in [2.75, 3.05) is 19.0 Å². The van der Waals surface area contributed by atoms with Crippen LogP contribution in [0.4, 0.5) is 5.13 Å². The van der Waals surface area contributed by atoms with Crippen molar-refractivity contribution in [3.63, 3.8) is 0 Å². The highest BCUT2D eigenvalue weighted by Crippen LogP contribution is 2.23. The van der Waals surface area contributed by atoms with Crippen LogP contribution in [0.2, 0.25) is 0 Å². The van der Waals surface area contributed by atoms with E-state index in [4.69, 9.17) is 4.74 Å². The number of hydrogen-bond donors (Lipinski definition) is 2. The molecule has 3 aromatic rings. The summed E-state index contributed by atoms with van der Waals surface area (Å²) in [5.41, 5.74) is -0.698. The van der Waals surface area contributed by atoms with Gasteiger partial charge in [0, 0.05) is 24.8 Å². The first-order valence-corrected chi connectivity index (χ1v) is 10.4. The Labute approximate surface area is 173 Å². The molecule has 29 heavy (non-hydrogen) atoms. The Balaban J connectivity index is 1.95. The fourth-order valence-electron chi connectivity index (χ4n) is 2.59. The van der Waals surface area contributed by atoms with Crippen LogP contribution >= 0.6 is 22.7 Å². The fourth-order valence-corrected chi connectivity index (χ4v) is 4.28. The number of rotatable bonds is 8. The molecular formula is C17H19N5O5S2. The summed E-state index contributed by atoms with van der Waals surface area (Å²) in [5.74, 6) is -1.17. The van der Waals surface area contributed by atoms with Gasteiger partial charge >= 0.3 is 5.97 Å². The van der Waals surface area contributed by atoms with Crippen molar-refractivity contribution in [1.82, 2.24) is 19.7 Å². The van der Waals surface area contributed by atoms with Crippen LogP contribution in [0.5, 0.6) is 0 Å². The number of amides is 1. The molecule has 0 saturated carbocycles. The molecule has 2 N–H and O–H groups in total. The van der Waals surface area contributed by atoms with Crippen LogP contribution in [0, 0.1) is 0 Å². The third-order valence-electron chi connectivity index (χ3n) is 4.02. The first-order chi connectivity index (χ1) is 13.8. The number of aromatic nitrogens is 4. The maximum atomic E-state index is 13.0. The number of carboxylic acid groups (broad SMARTS) is 1. The maximum Gasteiger partial charge on any atom is 0.337 e. The average molecular weight is 438 g/mol. The normalized spacial score (nSPS) is 11.3. The molecule has 0 atom stereocenters. The highest BCUT2D eigenvalue weighted by molar-refractivity contribution is 7.17. The molecule has 0 aliphatic heterocycles. The summed E-state index contributed by atoms with van der Waals surface area (Å²) >= 11 is 2.34. The Morgan fingerprint density at radius 1 is 1.34 bits per heavy atom. The Hall–Kier alpha value is -2.70. The van der Waals surface area contributed by atoms with E-state index in [1.165, 1.54) is 28.4 Å². The van der Waals surface area contributed by atoms with Gasteiger partial charge in [0.2, 0.25) is 11.0 Å². The summed E-state index contributed by atoms with van der Waals surface area (Å²) in [6, 6.07) is 0. The van der Waals surface area contributed by atoms with Crippen molar-refractivity contribution in [1.29, 1.82) is 0 Å². The summed E-state index contributed by atoms with van der Waals surface area (Å²) < 4.78 is 6.24. The minimum atomic E-state index is -1.22. The van der Waals surface area contributed by atoms with E-state index in [9.17, 15) is 19.5 Å². The van der Waals surface area contributed by atoms with Crippen molar-refractivity contribution < 1.29 is 19.4 Å². The van der Waals surface area contributed by atoms with E-state index < -0.39 is 17.4 Å². The van der Waals surface area contributed by atoms with Gasteiger partial charge in [-0.25, -0.2) is 9.78 Å². The van der Waals surface area contributed by atoms with Gasteiger partial charge in [-0.1, -0.05) is 25.2 Å². The molecular weight excluding hydrogens is 418 g/mol. The molecule has 0 unspecified atom stereocenters. The van der Waals surface area contributed by atoms with Gasteiger partial charge in [0.25, 0.3) is 5.56 Å². The molecule has 1 amide bonds. The molecule has 0 bridgehead atoms. The van der Waals surface area contributed by atoms with Gasteiger partial charge in [0.1, 0.15) is 22.2 Å². The molecule has 12 heteroatoms. The van der Waals surface area contributed by atoms with Crippen LogP contribution in [0.15, 0.2) is 10.2 Å². The number of carboxylic acids is 1. The number of nitrogens with one attached hydrogen (secondary N) is 1. The van der Waals surface area contributed by atoms with Crippen LogP contribution < -0.4 is 10.9 Å². The molecule has 3 heterocycles. The molecule has 3 rings (SSSR count). The van der Waals surface area contributed by atoms with Crippen molar-refractivity contribution in [2.24, 2.45) is 0 Å². The largest absolute Gasteiger partial charge is 0.478 e. The van der Waals surface area contributed by atoms with E-state index in [-0.39, 0.29) is 23.4 Å². The van der Waals surface area contributed by atoms with E-state index in [0.29, 0.717) is 28.8 Å². The van der Waals surface area contributed by atoms with Crippen molar-refractivity contribution in [3.8, 4) is 0 Å². The number of aromatic carboxylic acids is 1. The molecule has 0 aliphatic carbocycles. The Kier molecular flexibility index (Phi) is 6.35. The van der Waals surface area contributed by atoms with Gasteiger partial charge in [0.05, 0.1) is 17.6 Å². The molecule has 154 valence electrons. The van der Waals surface area contributed by atoms with Crippen molar-refractivity contribution in [3.05, 3.63) is 32.1 Å². The standard InChI is InChI=1S/C17H19N5O5S2/c1-8(2)13-20-21-17(29-13)19-11(23)6-22-10(4-5-27-3)18-14-12(15(22)24)9(7-28-14)16(25)26/h7-8H,4-6H2,1-3H3,(H,25,26)(H,19,21,23). The second-order valence-electron chi connectivity index (χ2n) is 6.45. The van der Waals surface area contributed by atoms with Gasteiger partial charge < -0.3 is 9.84 Å². The Bertz CT molecular complexity index is 1120. The van der Waals surface area contributed by atoms with Crippen LogP contribution in [0.3, 0.4) is 0 Å². The number of anilines is 1. The zero-order valence-electron chi connectivity index (χ0n) is 16.0. The first kappa shape index (κ1) is 21.0. The third-order valence-corrected chi connectivity index (χ3v) is 6.03. The highest BCUT2D eigenvalue weighted by Gasteiger charge is 2.21. The number of nitrogens with zero attached hydrogens (tertiary/aromatic N) is 4. The molecule has 10 nitrogen and oxygen atoms in total. The molecule has 3 aromatic heterocycles. The maximum absolute atomic E-state index is 13.0. The smallest absolute Gasteiger partial charge is 0.337 e. The van der Waals surface area contributed by atoms with Crippen LogP contribution in [-0.2, 0) is 22.5 Å².